The zero-order chi connectivity index (χ0) is 18.2. The Kier molecular flexibility index (Phi) is 4.89. The van der Waals surface area contributed by atoms with Crippen molar-refractivity contribution in [2.24, 2.45) is 0 Å². The van der Waals surface area contributed by atoms with Gasteiger partial charge in [-0.05, 0) is 24.6 Å². The number of hydrogen-bond donors (Lipinski definition) is 0. The van der Waals surface area contributed by atoms with Crippen LogP contribution in [0.3, 0.4) is 0 Å². The van der Waals surface area contributed by atoms with Gasteiger partial charge in [0.2, 0.25) is 0 Å². The molecule has 0 unspecified atom stereocenters. The number of alkyl halides is 1. The highest BCUT2D eigenvalue weighted by atomic mass is 35.5. The van der Waals surface area contributed by atoms with Gasteiger partial charge in [-0.15, -0.1) is 0 Å². The minimum absolute atomic E-state index is 0.0136. The second kappa shape index (κ2) is 6.81. The third-order valence-corrected chi connectivity index (χ3v) is 4.90. The average molecular weight is 384 g/mol. The number of fused-ring (bicyclic) bond motifs is 1. The Labute approximate surface area is 153 Å². The van der Waals surface area contributed by atoms with E-state index < -0.39 is 17.3 Å². The molecule has 1 atom stereocenters. The summed E-state index contributed by atoms with van der Waals surface area (Å²) in [5.41, 5.74) is -2.21. The normalized spacial score (nSPS) is 19.6. The highest BCUT2D eigenvalue weighted by Gasteiger charge is 2.46. The van der Waals surface area contributed by atoms with E-state index in [1.807, 2.05) is 0 Å². The lowest BCUT2D eigenvalue weighted by molar-refractivity contribution is -0.131. The molecule has 0 radical (unpaired) electrons. The molecule has 0 fully saturated rings. The molecule has 25 heavy (non-hydrogen) atoms. The zero-order valence-corrected chi connectivity index (χ0v) is 14.5. The third-order valence-electron chi connectivity index (χ3n) is 4.35. The molecule has 3 nitrogen and oxygen atoms in total. The van der Waals surface area contributed by atoms with Crippen LogP contribution in [0.1, 0.15) is 40.9 Å². The smallest absolute Gasteiger partial charge is 0.196 e. The molecule has 1 heterocycles. The van der Waals surface area contributed by atoms with E-state index in [0.717, 1.165) is 6.07 Å². The van der Waals surface area contributed by atoms with Crippen molar-refractivity contribution in [2.75, 3.05) is 0 Å². The molecule has 0 spiro atoms. The monoisotopic (exact) mass is 383 g/mol. The summed E-state index contributed by atoms with van der Waals surface area (Å²) >= 11 is 11.7. The molecule has 1 aromatic carbocycles. The molecule has 7 heteroatoms. The molecule has 0 saturated carbocycles. The average Bonchev–Trinajstić information content (AvgIpc) is 2.57. The number of aromatic nitrogens is 1. The summed E-state index contributed by atoms with van der Waals surface area (Å²) in [4.78, 5) is 28.3. The van der Waals surface area contributed by atoms with Crippen molar-refractivity contribution in [3.63, 3.8) is 0 Å². The lowest BCUT2D eigenvalue weighted by atomic mass is 9.78. The summed E-state index contributed by atoms with van der Waals surface area (Å²) in [6.07, 6.45) is 0.742. The second-order valence-corrected chi connectivity index (χ2v) is 6.74. The van der Waals surface area contributed by atoms with Crippen LogP contribution in [-0.4, -0.2) is 16.6 Å². The fourth-order valence-corrected chi connectivity index (χ4v) is 3.59. The van der Waals surface area contributed by atoms with Gasteiger partial charge < -0.3 is 0 Å². The number of pyridine rings is 1. The predicted molar refractivity (Wildman–Crippen MR) is 90.3 cm³/mol. The number of hydrogen-bond acceptors (Lipinski definition) is 3. The Hall–Kier alpha value is -1.85. The van der Waals surface area contributed by atoms with Gasteiger partial charge in [0.25, 0.3) is 0 Å². The van der Waals surface area contributed by atoms with E-state index in [1.54, 1.807) is 0 Å². The minimum atomic E-state index is -2.30. The van der Waals surface area contributed by atoms with E-state index >= 15 is 4.39 Å². The van der Waals surface area contributed by atoms with Crippen molar-refractivity contribution >= 4 is 34.8 Å². The predicted octanol–water partition coefficient (Wildman–Crippen LogP) is 4.87. The fourth-order valence-electron chi connectivity index (χ4n) is 3.02. The molecule has 3 rings (SSSR count). The minimum Gasteiger partial charge on any atom is -0.296 e. The molecule has 0 aliphatic heterocycles. The maximum absolute atomic E-state index is 15.4. The number of Topliss-reactive ketones (excluding diaryl/α,β-unsaturated/α-hetero) is 2. The molecule has 0 saturated heterocycles. The van der Waals surface area contributed by atoms with Gasteiger partial charge in [-0.1, -0.05) is 29.3 Å². The van der Waals surface area contributed by atoms with Gasteiger partial charge in [0.1, 0.15) is 11.5 Å². The van der Waals surface area contributed by atoms with Gasteiger partial charge in [-0.2, -0.15) is 0 Å². The summed E-state index contributed by atoms with van der Waals surface area (Å²) in [5.74, 6) is -1.65. The maximum Gasteiger partial charge on any atom is 0.196 e. The molecule has 1 aromatic heterocycles. The molecule has 0 amide bonds. The third kappa shape index (κ3) is 3.31. The van der Waals surface area contributed by atoms with E-state index in [0.29, 0.717) is 0 Å². The first-order valence-corrected chi connectivity index (χ1v) is 8.43. The highest BCUT2D eigenvalue weighted by Crippen LogP contribution is 2.40. The summed E-state index contributed by atoms with van der Waals surface area (Å²) in [6, 6.07) is 5.34. The van der Waals surface area contributed by atoms with Crippen LogP contribution in [0.2, 0.25) is 10.0 Å². The number of rotatable bonds is 4. The van der Waals surface area contributed by atoms with Crippen molar-refractivity contribution in [2.45, 2.75) is 31.4 Å². The molecule has 0 bridgehead atoms. The Balaban J connectivity index is 1.85. The molecule has 1 aliphatic carbocycles. The van der Waals surface area contributed by atoms with Crippen LogP contribution >= 0.6 is 23.2 Å². The van der Waals surface area contributed by atoms with Crippen molar-refractivity contribution in [1.82, 2.24) is 4.98 Å². The number of carbonyl (C=O) groups excluding carboxylic acids is 2. The van der Waals surface area contributed by atoms with Gasteiger partial charge in [0.15, 0.2) is 17.2 Å². The van der Waals surface area contributed by atoms with Gasteiger partial charge in [0, 0.05) is 46.6 Å². The summed E-state index contributed by atoms with van der Waals surface area (Å²) in [7, 11) is 0. The Morgan fingerprint density at radius 2 is 2.08 bits per heavy atom. The van der Waals surface area contributed by atoms with Crippen LogP contribution in [0.25, 0.3) is 0 Å². The standard InChI is InChI=1S/C18H13Cl2F2NO2/c19-10-8-13(20)11(14(21)9-10)3-4-16(25)18(22)6-5-15(24)17-12(18)2-1-7-23-17/h1-2,7-9H,3-6H2/t18-/m0/s1. The quantitative estimate of drug-likeness (QED) is 0.756. The van der Waals surface area contributed by atoms with E-state index in [1.165, 1.54) is 24.4 Å². The lowest BCUT2D eigenvalue weighted by Gasteiger charge is -2.29. The molecular weight excluding hydrogens is 371 g/mol. The van der Waals surface area contributed by atoms with Gasteiger partial charge in [0.05, 0.1) is 0 Å². The zero-order valence-electron chi connectivity index (χ0n) is 13.0. The molecule has 0 N–H and O–H groups in total. The lowest BCUT2D eigenvalue weighted by Crippen LogP contribution is -2.37. The largest absolute Gasteiger partial charge is 0.296 e. The highest BCUT2D eigenvalue weighted by molar-refractivity contribution is 6.35. The van der Waals surface area contributed by atoms with Gasteiger partial charge in [-0.25, -0.2) is 8.78 Å². The molecule has 1 aliphatic rings. The van der Waals surface area contributed by atoms with Crippen molar-refractivity contribution < 1.29 is 18.4 Å². The molecule has 2 aromatic rings. The van der Waals surface area contributed by atoms with E-state index in [9.17, 15) is 14.0 Å². The first-order valence-electron chi connectivity index (χ1n) is 7.67. The van der Waals surface area contributed by atoms with Crippen LogP contribution < -0.4 is 0 Å². The number of nitrogens with zero attached hydrogens (tertiary/aromatic N) is 1. The Morgan fingerprint density at radius 1 is 1.32 bits per heavy atom. The number of benzene rings is 1. The van der Waals surface area contributed by atoms with Crippen molar-refractivity contribution in [3.05, 3.63) is 63.1 Å². The van der Waals surface area contributed by atoms with Crippen LogP contribution in [0.15, 0.2) is 30.5 Å². The van der Waals surface area contributed by atoms with E-state index in [2.05, 4.69) is 4.98 Å². The molecular formula is C18H13Cl2F2NO2. The maximum atomic E-state index is 15.4. The summed E-state index contributed by atoms with van der Waals surface area (Å²) in [6.45, 7) is 0. The Morgan fingerprint density at radius 3 is 2.80 bits per heavy atom. The van der Waals surface area contributed by atoms with Crippen LogP contribution in [0.5, 0.6) is 0 Å². The first-order chi connectivity index (χ1) is 11.8. The van der Waals surface area contributed by atoms with E-state index in [4.69, 9.17) is 23.2 Å². The van der Waals surface area contributed by atoms with Gasteiger partial charge >= 0.3 is 0 Å². The second-order valence-electron chi connectivity index (χ2n) is 5.90. The summed E-state index contributed by atoms with van der Waals surface area (Å²) in [5, 5.41) is 0.233. The van der Waals surface area contributed by atoms with Crippen molar-refractivity contribution in [1.29, 1.82) is 0 Å². The van der Waals surface area contributed by atoms with E-state index in [-0.39, 0.29) is 58.3 Å². The molecule has 130 valence electrons. The van der Waals surface area contributed by atoms with Crippen LogP contribution in [0.4, 0.5) is 8.78 Å². The number of carbonyl (C=O) groups is 2. The number of halogens is 4. The summed E-state index contributed by atoms with van der Waals surface area (Å²) < 4.78 is 29.4. The number of ketones is 2. The van der Waals surface area contributed by atoms with Crippen molar-refractivity contribution in [3.8, 4) is 0 Å². The topological polar surface area (TPSA) is 47.0 Å². The first kappa shape index (κ1) is 18.0. The SMILES string of the molecule is O=C1CC[C@@](F)(C(=O)CCc2c(F)cc(Cl)cc2Cl)c2cccnc21. The Bertz CT molecular complexity index is 849. The van der Waals surface area contributed by atoms with Crippen LogP contribution in [0, 0.1) is 5.82 Å². The van der Waals surface area contributed by atoms with Gasteiger partial charge in [-0.3, -0.25) is 14.6 Å². The fraction of sp³-hybridized carbons (Fsp3) is 0.278. The van der Waals surface area contributed by atoms with Crippen LogP contribution in [-0.2, 0) is 16.9 Å².